The third-order valence-corrected chi connectivity index (χ3v) is 4.59. The highest BCUT2D eigenvalue weighted by Gasteiger charge is 2.20. The van der Waals surface area contributed by atoms with Crippen LogP contribution in [0.4, 0.5) is 0 Å². The second-order valence-electron chi connectivity index (χ2n) is 6.02. The third-order valence-electron chi connectivity index (χ3n) is 4.59. The molecule has 1 nitrogen and oxygen atoms in total. The quantitative estimate of drug-likeness (QED) is 0.718. The van der Waals surface area contributed by atoms with Crippen LogP contribution < -0.4 is 0 Å². The Hall–Kier alpha value is -1.29. The van der Waals surface area contributed by atoms with Gasteiger partial charge >= 0.3 is 0 Å². The summed E-state index contributed by atoms with van der Waals surface area (Å²) in [7, 11) is 0. The first-order chi connectivity index (χ1) is 9.31. The van der Waals surface area contributed by atoms with Crippen molar-refractivity contribution in [2.45, 2.75) is 58.3 Å². The van der Waals surface area contributed by atoms with Crippen LogP contribution in [0, 0.1) is 23.2 Å². The number of hydrogen-bond donors (Lipinski definition) is 0. The first-order valence-electron chi connectivity index (χ1n) is 7.81. The Morgan fingerprint density at radius 3 is 2.11 bits per heavy atom. The van der Waals surface area contributed by atoms with Crippen molar-refractivity contribution in [2.24, 2.45) is 11.8 Å². The van der Waals surface area contributed by atoms with Gasteiger partial charge in [-0.15, -0.1) is 0 Å². The molecule has 0 saturated heterocycles. The molecule has 1 aromatic rings. The zero-order chi connectivity index (χ0) is 13.5. The molecule has 0 spiro atoms. The predicted molar refractivity (Wildman–Crippen MR) is 79.8 cm³/mol. The van der Waals surface area contributed by atoms with Crippen LogP contribution in [0.1, 0.15) is 63.0 Å². The topological polar surface area (TPSA) is 23.8 Å². The van der Waals surface area contributed by atoms with E-state index in [-0.39, 0.29) is 0 Å². The SMILES string of the molecule is CCC[C@H]1CC[C@H](CCc2ccc(C#N)cc2)CC1. The maximum atomic E-state index is 8.78. The van der Waals surface area contributed by atoms with E-state index in [9.17, 15) is 0 Å². The molecule has 0 amide bonds. The average Bonchev–Trinajstić information content (AvgIpc) is 2.47. The van der Waals surface area contributed by atoms with E-state index in [0.717, 1.165) is 17.4 Å². The van der Waals surface area contributed by atoms with E-state index < -0.39 is 0 Å². The minimum Gasteiger partial charge on any atom is -0.192 e. The van der Waals surface area contributed by atoms with Gasteiger partial charge in [0.2, 0.25) is 0 Å². The first kappa shape index (κ1) is 14.1. The number of rotatable bonds is 5. The van der Waals surface area contributed by atoms with Gasteiger partial charge in [0.15, 0.2) is 0 Å². The van der Waals surface area contributed by atoms with Crippen molar-refractivity contribution in [3.8, 4) is 6.07 Å². The summed E-state index contributed by atoms with van der Waals surface area (Å²) >= 11 is 0. The largest absolute Gasteiger partial charge is 0.192 e. The molecule has 2 rings (SSSR count). The Bertz CT molecular complexity index is 404. The molecule has 0 aromatic heterocycles. The summed E-state index contributed by atoms with van der Waals surface area (Å²) in [6, 6.07) is 10.3. The van der Waals surface area contributed by atoms with E-state index in [0.29, 0.717) is 0 Å². The van der Waals surface area contributed by atoms with Gasteiger partial charge in [0.25, 0.3) is 0 Å². The normalized spacial score (nSPS) is 22.9. The van der Waals surface area contributed by atoms with E-state index >= 15 is 0 Å². The van der Waals surface area contributed by atoms with Gasteiger partial charge in [-0.2, -0.15) is 5.26 Å². The molecule has 1 aliphatic rings. The van der Waals surface area contributed by atoms with Crippen LogP contribution in [0.3, 0.4) is 0 Å². The van der Waals surface area contributed by atoms with E-state index in [1.807, 2.05) is 12.1 Å². The van der Waals surface area contributed by atoms with Gasteiger partial charge < -0.3 is 0 Å². The summed E-state index contributed by atoms with van der Waals surface area (Å²) in [5, 5.41) is 8.78. The monoisotopic (exact) mass is 255 g/mol. The molecular weight excluding hydrogens is 230 g/mol. The fourth-order valence-electron chi connectivity index (χ4n) is 3.33. The fourth-order valence-corrected chi connectivity index (χ4v) is 3.33. The fraction of sp³-hybridized carbons (Fsp3) is 0.611. The molecule has 1 aliphatic carbocycles. The summed E-state index contributed by atoms with van der Waals surface area (Å²) in [5.41, 5.74) is 2.15. The highest BCUT2D eigenvalue weighted by Crippen LogP contribution is 2.33. The number of nitriles is 1. The number of nitrogens with zero attached hydrogens (tertiary/aromatic N) is 1. The van der Waals surface area contributed by atoms with E-state index in [4.69, 9.17) is 5.26 Å². The highest BCUT2D eigenvalue weighted by molar-refractivity contribution is 5.31. The molecule has 19 heavy (non-hydrogen) atoms. The number of hydrogen-bond acceptors (Lipinski definition) is 1. The van der Waals surface area contributed by atoms with Gasteiger partial charge in [-0.05, 0) is 42.4 Å². The second-order valence-corrected chi connectivity index (χ2v) is 6.02. The Morgan fingerprint density at radius 1 is 1.00 bits per heavy atom. The molecule has 102 valence electrons. The molecule has 1 saturated carbocycles. The van der Waals surface area contributed by atoms with Crippen LogP contribution in [0.25, 0.3) is 0 Å². The van der Waals surface area contributed by atoms with Crippen LogP contribution in [-0.4, -0.2) is 0 Å². The van der Waals surface area contributed by atoms with Crippen molar-refractivity contribution in [1.82, 2.24) is 0 Å². The van der Waals surface area contributed by atoms with Crippen molar-refractivity contribution in [2.75, 3.05) is 0 Å². The second kappa shape index (κ2) is 7.34. The van der Waals surface area contributed by atoms with Gasteiger partial charge in [0, 0.05) is 0 Å². The lowest BCUT2D eigenvalue weighted by Crippen LogP contribution is -2.15. The molecule has 0 N–H and O–H groups in total. The van der Waals surface area contributed by atoms with Crippen LogP contribution in [0.5, 0.6) is 0 Å². The van der Waals surface area contributed by atoms with Gasteiger partial charge in [0.1, 0.15) is 0 Å². The lowest BCUT2D eigenvalue weighted by atomic mass is 9.78. The molecule has 0 atom stereocenters. The molecule has 0 unspecified atom stereocenters. The number of benzene rings is 1. The Morgan fingerprint density at radius 2 is 1.58 bits per heavy atom. The summed E-state index contributed by atoms with van der Waals surface area (Å²) < 4.78 is 0. The maximum absolute atomic E-state index is 8.78. The lowest BCUT2D eigenvalue weighted by molar-refractivity contribution is 0.252. The standard InChI is InChI=1S/C18H25N/c1-2-3-15-4-6-16(7-5-15)8-9-17-10-12-18(14-19)13-11-17/h10-13,15-16H,2-9H2,1H3/t15-,16-. The van der Waals surface area contributed by atoms with E-state index in [1.165, 1.54) is 56.9 Å². The van der Waals surface area contributed by atoms with E-state index in [2.05, 4.69) is 25.1 Å². The van der Waals surface area contributed by atoms with E-state index in [1.54, 1.807) is 0 Å². The number of aryl methyl sites for hydroxylation is 1. The molecule has 1 heteroatoms. The van der Waals surface area contributed by atoms with Gasteiger partial charge in [-0.1, -0.05) is 57.6 Å². The molecule has 1 aromatic carbocycles. The average molecular weight is 255 g/mol. The zero-order valence-corrected chi connectivity index (χ0v) is 12.1. The Kier molecular flexibility index (Phi) is 5.45. The third kappa shape index (κ3) is 4.39. The Balaban J connectivity index is 1.73. The highest BCUT2D eigenvalue weighted by atomic mass is 14.3. The smallest absolute Gasteiger partial charge is 0.0991 e. The Labute approximate surface area is 117 Å². The van der Waals surface area contributed by atoms with Crippen LogP contribution in [0.15, 0.2) is 24.3 Å². The predicted octanol–water partition coefficient (Wildman–Crippen LogP) is 5.10. The summed E-state index contributed by atoms with van der Waals surface area (Å²) in [5.74, 6) is 1.94. The molecular formula is C18H25N. The minimum absolute atomic E-state index is 0.767. The summed E-state index contributed by atoms with van der Waals surface area (Å²) in [6.45, 7) is 2.30. The molecule has 0 bridgehead atoms. The van der Waals surface area contributed by atoms with Crippen molar-refractivity contribution in [3.05, 3.63) is 35.4 Å². The summed E-state index contributed by atoms with van der Waals surface area (Å²) in [6.07, 6.45) is 11.0. The van der Waals surface area contributed by atoms with Gasteiger partial charge in [0.05, 0.1) is 11.6 Å². The lowest BCUT2D eigenvalue weighted by Gasteiger charge is -2.28. The summed E-state index contributed by atoms with van der Waals surface area (Å²) in [4.78, 5) is 0. The van der Waals surface area contributed by atoms with Gasteiger partial charge in [-0.3, -0.25) is 0 Å². The van der Waals surface area contributed by atoms with Crippen LogP contribution >= 0.6 is 0 Å². The van der Waals surface area contributed by atoms with Crippen molar-refractivity contribution < 1.29 is 0 Å². The molecule has 0 aliphatic heterocycles. The van der Waals surface area contributed by atoms with Crippen molar-refractivity contribution in [3.63, 3.8) is 0 Å². The van der Waals surface area contributed by atoms with Crippen molar-refractivity contribution >= 4 is 0 Å². The first-order valence-corrected chi connectivity index (χ1v) is 7.81. The maximum Gasteiger partial charge on any atom is 0.0991 e. The van der Waals surface area contributed by atoms with Crippen molar-refractivity contribution in [1.29, 1.82) is 5.26 Å². The molecule has 0 heterocycles. The zero-order valence-electron chi connectivity index (χ0n) is 12.1. The van der Waals surface area contributed by atoms with Crippen LogP contribution in [-0.2, 0) is 6.42 Å². The molecule has 0 radical (unpaired) electrons. The van der Waals surface area contributed by atoms with Gasteiger partial charge in [-0.25, -0.2) is 0 Å². The van der Waals surface area contributed by atoms with Crippen LogP contribution in [0.2, 0.25) is 0 Å². The molecule has 1 fully saturated rings. The minimum atomic E-state index is 0.767.